The van der Waals surface area contributed by atoms with Crippen LogP contribution in [0.4, 0.5) is 0 Å². The van der Waals surface area contributed by atoms with Gasteiger partial charge in [-0.3, -0.25) is 4.90 Å². The van der Waals surface area contributed by atoms with E-state index in [9.17, 15) is 0 Å². The van der Waals surface area contributed by atoms with Gasteiger partial charge in [0.15, 0.2) is 0 Å². The van der Waals surface area contributed by atoms with Crippen molar-refractivity contribution in [1.82, 2.24) is 10.2 Å². The smallest absolute Gasteiger partial charge is 0.0247 e. The summed E-state index contributed by atoms with van der Waals surface area (Å²) in [6, 6.07) is 2.04. The third kappa shape index (κ3) is 4.75. The molecule has 3 unspecified atom stereocenters. The number of unbranched alkanes of at least 4 members (excludes halogenated alkanes) is 1. The standard InChI is InChI=1S/C17H36N2/c1-8-9-10-14(4)19-12-16(17(5,6)7)18-11-15(19)13(2)3/h13-16,18H,8-12H2,1-7H3. The lowest BCUT2D eigenvalue weighted by Gasteiger charge is -2.49. The maximum absolute atomic E-state index is 3.79. The van der Waals surface area contributed by atoms with Crippen LogP contribution in [-0.4, -0.2) is 36.1 Å². The second-order valence-electron chi connectivity index (χ2n) is 7.83. The highest BCUT2D eigenvalue weighted by Crippen LogP contribution is 2.27. The molecular formula is C17H36N2. The van der Waals surface area contributed by atoms with Gasteiger partial charge in [0.2, 0.25) is 0 Å². The zero-order valence-electron chi connectivity index (χ0n) is 14.3. The number of nitrogens with zero attached hydrogens (tertiary/aromatic N) is 1. The molecular weight excluding hydrogens is 232 g/mol. The zero-order valence-corrected chi connectivity index (χ0v) is 14.3. The molecule has 0 aromatic heterocycles. The van der Waals surface area contributed by atoms with Gasteiger partial charge in [0.05, 0.1) is 0 Å². The largest absolute Gasteiger partial charge is 0.311 e. The normalized spacial score (nSPS) is 27.8. The summed E-state index contributed by atoms with van der Waals surface area (Å²) in [5.41, 5.74) is 0.352. The second kappa shape index (κ2) is 7.08. The summed E-state index contributed by atoms with van der Waals surface area (Å²) in [4.78, 5) is 2.78. The second-order valence-corrected chi connectivity index (χ2v) is 7.83. The van der Waals surface area contributed by atoms with Crippen molar-refractivity contribution in [2.45, 2.75) is 85.9 Å². The van der Waals surface area contributed by atoms with Crippen molar-refractivity contribution in [2.75, 3.05) is 13.1 Å². The van der Waals surface area contributed by atoms with E-state index in [1.54, 1.807) is 0 Å². The number of rotatable bonds is 5. The van der Waals surface area contributed by atoms with Crippen LogP contribution < -0.4 is 5.32 Å². The van der Waals surface area contributed by atoms with Gasteiger partial charge in [-0.25, -0.2) is 0 Å². The fourth-order valence-electron chi connectivity index (χ4n) is 3.16. The van der Waals surface area contributed by atoms with Crippen LogP contribution in [-0.2, 0) is 0 Å². The van der Waals surface area contributed by atoms with Gasteiger partial charge in [0.1, 0.15) is 0 Å². The average Bonchev–Trinajstić information content (AvgIpc) is 2.33. The summed E-state index contributed by atoms with van der Waals surface area (Å²) in [5.74, 6) is 0.734. The van der Waals surface area contributed by atoms with Crippen LogP contribution in [0.1, 0.15) is 67.7 Å². The van der Waals surface area contributed by atoms with Gasteiger partial charge in [-0.05, 0) is 24.7 Å². The topological polar surface area (TPSA) is 15.3 Å². The minimum Gasteiger partial charge on any atom is -0.311 e. The molecule has 1 N–H and O–H groups in total. The third-order valence-electron chi connectivity index (χ3n) is 4.75. The van der Waals surface area contributed by atoms with E-state index in [2.05, 4.69) is 58.7 Å². The lowest BCUT2D eigenvalue weighted by atomic mass is 9.83. The molecule has 1 aliphatic heterocycles. The van der Waals surface area contributed by atoms with Crippen molar-refractivity contribution in [3.05, 3.63) is 0 Å². The van der Waals surface area contributed by atoms with Crippen LogP contribution in [0.3, 0.4) is 0 Å². The maximum atomic E-state index is 3.79. The highest BCUT2D eigenvalue weighted by molar-refractivity contribution is 4.94. The summed E-state index contributed by atoms with van der Waals surface area (Å²) >= 11 is 0. The van der Waals surface area contributed by atoms with E-state index < -0.39 is 0 Å². The first kappa shape index (κ1) is 17.0. The van der Waals surface area contributed by atoms with Crippen molar-refractivity contribution in [3.8, 4) is 0 Å². The SMILES string of the molecule is CCCCC(C)N1CC(C(C)(C)C)NCC1C(C)C. The quantitative estimate of drug-likeness (QED) is 0.813. The first-order valence-corrected chi connectivity index (χ1v) is 8.26. The van der Waals surface area contributed by atoms with E-state index in [0.717, 1.165) is 18.5 Å². The van der Waals surface area contributed by atoms with Gasteiger partial charge in [0, 0.05) is 31.2 Å². The molecule has 0 amide bonds. The van der Waals surface area contributed by atoms with Crippen LogP contribution >= 0.6 is 0 Å². The molecule has 1 fully saturated rings. The van der Waals surface area contributed by atoms with E-state index in [1.165, 1.54) is 25.8 Å². The Hall–Kier alpha value is -0.0800. The monoisotopic (exact) mass is 268 g/mol. The molecule has 19 heavy (non-hydrogen) atoms. The molecule has 0 aliphatic carbocycles. The maximum Gasteiger partial charge on any atom is 0.0247 e. The molecule has 1 saturated heterocycles. The molecule has 0 spiro atoms. The van der Waals surface area contributed by atoms with Crippen LogP contribution in [0, 0.1) is 11.3 Å². The molecule has 2 heteroatoms. The van der Waals surface area contributed by atoms with E-state index >= 15 is 0 Å². The Labute approximate surface area is 121 Å². The first-order chi connectivity index (χ1) is 8.77. The Morgan fingerprint density at radius 1 is 1.21 bits per heavy atom. The van der Waals surface area contributed by atoms with E-state index in [1.807, 2.05) is 0 Å². The van der Waals surface area contributed by atoms with Gasteiger partial charge in [-0.2, -0.15) is 0 Å². The van der Waals surface area contributed by atoms with E-state index in [0.29, 0.717) is 17.5 Å². The summed E-state index contributed by atoms with van der Waals surface area (Å²) in [6.07, 6.45) is 4.01. The molecule has 0 radical (unpaired) electrons. The Morgan fingerprint density at radius 3 is 2.32 bits per heavy atom. The van der Waals surface area contributed by atoms with Gasteiger partial charge in [-0.15, -0.1) is 0 Å². The minimum atomic E-state index is 0.352. The summed E-state index contributed by atoms with van der Waals surface area (Å²) in [7, 11) is 0. The molecule has 0 aromatic rings. The molecule has 0 aromatic carbocycles. The van der Waals surface area contributed by atoms with Gasteiger partial charge >= 0.3 is 0 Å². The highest BCUT2D eigenvalue weighted by Gasteiger charge is 2.36. The molecule has 1 rings (SSSR count). The highest BCUT2D eigenvalue weighted by atomic mass is 15.3. The summed E-state index contributed by atoms with van der Waals surface area (Å²) in [5, 5.41) is 3.79. The fraction of sp³-hybridized carbons (Fsp3) is 1.00. The zero-order chi connectivity index (χ0) is 14.6. The van der Waals surface area contributed by atoms with Crippen LogP contribution in [0.5, 0.6) is 0 Å². The van der Waals surface area contributed by atoms with E-state index in [-0.39, 0.29) is 0 Å². The summed E-state index contributed by atoms with van der Waals surface area (Å²) < 4.78 is 0. The Bertz CT molecular complexity index is 254. The molecule has 0 saturated carbocycles. The lowest BCUT2D eigenvalue weighted by Crippen LogP contribution is -2.63. The molecule has 1 heterocycles. The van der Waals surface area contributed by atoms with Gasteiger partial charge < -0.3 is 5.32 Å². The van der Waals surface area contributed by atoms with Gasteiger partial charge in [-0.1, -0.05) is 54.4 Å². The van der Waals surface area contributed by atoms with Crippen molar-refractivity contribution in [3.63, 3.8) is 0 Å². The van der Waals surface area contributed by atoms with Crippen LogP contribution in [0.25, 0.3) is 0 Å². The fourth-order valence-corrected chi connectivity index (χ4v) is 3.16. The van der Waals surface area contributed by atoms with Gasteiger partial charge in [0.25, 0.3) is 0 Å². The minimum absolute atomic E-state index is 0.352. The van der Waals surface area contributed by atoms with Crippen molar-refractivity contribution < 1.29 is 0 Å². The van der Waals surface area contributed by atoms with Crippen LogP contribution in [0.2, 0.25) is 0 Å². The number of hydrogen-bond donors (Lipinski definition) is 1. The lowest BCUT2D eigenvalue weighted by molar-refractivity contribution is 0.0312. The predicted octanol–water partition coefficient (Wildman–Crippen LogP) is 3.91. The third-order valence-corrected chi connectivity index (χ3v) is 4.75. The number of piperazine rings is 1. The Kier molecular flexibility index (Phi) is 6.32. The first-order valence-electron chi connectivity index (χ1n) is 8.26. The molecule has 1 aliphatic rings. The summed E-state index contributed by atoms with van der Waals surface area (Å²) in [6.45, 7) is 18.9. The van der Waals surface area contributed by atoms with E-state index in [4.69, 9.17) is 0 Å². The Balaban J connectivity index is 2.73. The average molecular weight is 268 g/mol. The predicted molar refractivity (Wildman–Crippen MR) is 85.6 cm³/mol. The Morgan fingerprint density at radius 2 is 1.84 bits per heavy atom. The number of nitrogens with one attached hydrogen (secondary N) is 1. The van der Waals surface area contributed by atoms with Crippen LogP contribution in [0.15, 0.2) is 0 Å². The molecule has 2 nitrogen and oxygen atoms in total. The van der Waals surface area contributed by atoms with Crippen molar-refractivity contribution in [1.29, 1.82) is 0 Å². The molecule has 0 bridgehead atoms. The molecule has 3 atom stereocenters. The molecule has 114 valence electrons. The van der Waals surface area contributed by atoms with Crippen molar-refractivity contribution >= 4 is 0 Å². The van der Waals surface area contributed by atoms with Crippen molar-refractivity contribution in [2.24, 2.45) is 11.3 Å². The number of hydrogen-bond acceptors (Lipinski definition) is 2.